The molecule has 0 aromatic heterocycles. The predicted octanol–water partition coefficient (Wildman–Crippen LogP) is 1.66. The number of hydrogen-bond acceptors (Lipinski definition) is 4. The topological polar surface area (TPSA) is 93.5 Å². The van der Waals surface area contributed by atoms with Crippen LogP contribution >= 0.6 is 0 Å². The highest BCUT2D eigenvalue weighted by Crippen LogP contribution is 2.11. The number of nitrogens with two attached hydrogens (primary N) is 1. The van der Waals surface area contributed by atoms with E-state index in [0.717, 1.165) is 6.07 Å². The second-order valence-corrected chi connectivity index (χ2v) is 5.42. The zero-order chi connectivity index (χ0) is 16.0. The number of anilines is 1. The van der Waals surface area contributed by atoms with Crippen molar-refractivity contribution in [3.8, 4) is 0 Å². The first-order valence-electron chi connectivity index (χ1n) is 6.49. The molecule has 0 fully saturated rings. The molecule has 6 nitrogen and oxygen atoms in total. The summed E-state index contributed by atoms with van der Waals surface area (Å²) in [6.07, 6.45) is -0.553. The summed E-state index contributed by atoms with van der Waals surface area (Å²) in [6.45, 7) is 5.71. The minimum atomic E-state index is -0.571. The summed E-state index contributed by atoms with van der Waals surface area (Å²) in [7, 11) is 0. The number of hydrogen-bond donors (Lipinski definition) is 3. The van der Waals surface area contributed by atoms with E-state index in [-0.39, 0.29) is 24.3 Å². The van der Waals surface area contributed by atoms with Crippen molar-refractivity contribution >= 4 is 17.7 Å². The maximum atomic E-state index is 13.0. The fourth-order valence-electron chi connectivity index (χ4n) is 1.44. The van der Waals surface area contributed by atoms with Gasteiger partial charge < -0.3 is 21.1 Å². The van der Waals surface area contributed by atoms with E-state index in [1.807, 2.05) is 0 Å². The van der Waals surface area contributed by atoms with E-state index in [1.165, 1.54) is 12.1 Å². The molecule has 0 spiro atoms. The second kappa shape index (κ2) is 6.92. The van der Waals surface area contributed by atoms with Crippen LogP contribution in [0.2, 0.25) is 0 Å². The maximum absolute atomic E-state index is 13.0. The van der Waals surface area contributed by atoms with Crippen LogP contribution in [0.1, 0.15) is 31.1 Å². The summed E-state index contributed by atoms with van der Waals surface area (Å²) < 4.78 is 18.0. The standard InChI is InChI=1S/C14H20FN3O3/c1-14(2,3)21-13(20)18-7-6-17-12(19)9-4-5-10(15)11(16)8-9/h4-5,8H,6-7,16H2,1-3H3,(H,17,19)(H,18,20). The van der Waals surface area contributed by atoms with Crippen LogP contribution in [-0.4, -0.2) is 30.7 Å². The molecule has 0 atom stereocenters. The highest BCUT2D eigenvalue weighted by atomic mass is 19.1. The van der Waals surface area contributed by atoms with Crippen molar-refractivity contribution in [1.82, 2.24) is 10.6 Å². The lowest BCUT2D eigenvalue weighted by Gasteiger charge is -2.19. The molecule has 21 heavy (non-hydrogen) atoms. The Morgan fingerprint density at radius 3 is 2.43 bits per heavy atom. The number of ether oxygens (including phenoxy) is 1. The van der Waals surface area contributed by atoms with E-state index in [4.69, 9.17) is 10.5 Å². The van der Waals surface area contributed by atoms with Gasteiger partial charge in [0.1, 0.15) is 11.4 Å². The molecule has 0 bridgehead atoms. The van der Waals surface area contributed by atoms with Crippen molar-refractivity contribution in [2.75, 3.05) is 18.8 Å². The molecule has 4 N–H and O–H groups in total. The normalized spacial score (nSPS) is 10.9. The SMILES string of the molecule is CC(C)(C)OC(=O)NCCNC(=O)c1ccc(F)c(N)c1. The lowest BCUT2D eigenvalue weighted by atomic mass is 10.2. The lowest BCUT2D eigenvalue weighted by molar-refractivity contribution is 0.0526. The third kappa shape index (κ3) is 6.11. The Kier molecular flexibility index (Phi) is 5.52. The van der Waals surface area contributed by atoms with Crippen molar-refractivity contribution in [3.63, 3.8) is 0 Å². The molecule has 0 radical (unpaired) electrons. The van der Waals surface area contributed by atoms with Crippen LogP contribution in [-0.2, 0) is 4.74 Å². The second-order valence-electron chi connectivity index (χ2n) is 5.42. The summed E-state index contributed by atoms with van der Waals surface area (Å²) in [6, 6.07) is 3.72. The molecule has 0 aliphatic rings. The van der Waals surface area contributed by atoms with Gasteiger partial charge in [0.05, 0.1) is 5.69 Å². The van der Waals surface area contributed by atoms with Gasteiger partial charge in [-0.1, -0.05) is 0 Å². The third-order valence-corrected chi connectivity index (χ3v) is 2.34. The van der Waals surface area contributed by atoms with E-state index in [2.05, 4.69) is 10.6 Å². The molecule has 1 rings (SSSR count). The first kappa shape index (κ1) is 16.7. The number of amides is 2. The molecule has 1 aromatic carbocycles. The summed E-state index contributed by atoms with van der Waals surface area (Å²) in [5, 5.41) is 5.08. The minimum absolute atomic E-state index is 0.0884. The number of carbonyl (C=O) groups excluding carboxylic acids is 2. The molecule has 0 heterocycles. The molecule has 0 unspecified atom stereocenters. The van der Waals surface area contributed by atoms with Crippen molar-refractivity contribution in [2.24, 2.45) is 0 Å². The largest absolute Gasteiger partial charge is 0.444 e. The highest BCUT2D eigenvalue weighted by Gasteiger charge is 2.15. The molecule has 1 aromatic rings. The van der Waals surface area contributed by atoms with Crippen LogP contribution in [0.25, 0.3) is 0 Å². The monoisotopic (exact) mass is 297 g/mol. The van der Waals surface area contributed by atoms with Crippen LogP contribution in [0.4, 0.5) is 14.9 Å². The van der Waals surface area contributed by atoms with E-state index < -0.39 is 23.4 Å². The first-order valence-corrected chi connectivity index (χ1v) is 6.49. The van der Waals surface area contributed by atoms with E-state index in [9.17, 15) is 14.0 Å². The Labute approximate surface area is 122 Å². The third-order valence-electron chi connectivity index (χ3n) is 2.34. The summed E-state index contributed by atoms with van der Waals surface area (Å²) in [4.78, 5) is 23.1. The van der Waals surface area contributed by atoms with Gasteiger partial charge in [0.15, 0.2) is 0 Å². The molecule has 2 amide bonds. The highest BCUT2D eigenvalue weighted by molar-refractivity contribution is 5.95. The van der Waals surface area contributed by atoms with Crippen molar-refractivity contribution in [1.29, 1.82) is 0 Å². The van der Waals surface area contributed by atoms with Crippen LogP contribution < -0.4 is 16.4 Å². The fourth-order valence-corrected chi connectivity index (χ4v) is 1.44. The van der Waals surface area contributed by atoms with Crippen LogP contribution in [0, 0.1) is 5.82 Å². The Morgan fingerprint density at radius 1 is 1.24 bits per heavy atom. The Morgan fingerprint density at radius 2 is 1.86 bits per heavy atom. The summed E-state index contributed by atoms with van der Waals surface area (Å²) in [5.74, 6) is -0.967. The average Bonchev–Trinajstić information content (AvgIpc) is 2.35. The van der Waals surface area contributed by atoms with Crippen molar-refractivity contribution in [3.05, 3.63) is 29.6 Å². The molecular formula is C14H20FN3O3. The van der Waals surface area contributed by atoms with Gasteiger partial charge in [-0.15, -0.1) is 0 Å². The minimum Gasteiger partial charge on any atom is -0.444 e. The van der Waals surface area contributed by atoms with E-state index >= 15 is 0 Å². The van der Waals surface area contributed by atoms with Gasteiger partial charge in [-0.25, -0.2) is 9.18 Å². The number of halogens is 1. The Hall–Kier alpha value is -2.31. The van der Waals surface area contributed by atoms with Crippen LogP contribution in [0.3, 0.4) is 0 Å². The zero-order valence-electron chi connectivity index (χ0n) is 12.3. The fraction of sp³-hybridized carbons (Fsp3) is 0.429. The number of alkyl carbamates (subject to hydrolysis) is 1. The van der Waals surface area contributed by atoms with Crippen LogP contribution in [0.5, 0.6) is 0 Å². The van der Waals surface area contributed by atoms with Crippen molar-refractivity contribution < 1.29 is 18.7 Å². The van der Waals surface area contributed by atoms with Gasteiger partial charge in [0.2, 0.25) is 0 Å². The molecule has 0 saturated carbocycles. The number of nitrogen functional groups attached to an aromatic ring is 1. The van der Waals surface area contributed by atoms with Gasteiger partial charge in [-0.2, -0.15) is 0 Å². The molecule has 0 aliphatic heterocycles. The smallest absolute Gasteiger partial charge is 0.407 e. The van der Waals surface area contributed by atoms with E-state index in [0.29, 0.717) is 0 Å². The van der Waals surface area contributed by atoms with E-state index in [1.54, 1.807) is 20.8 Å². The first-order chi connectivity index (χ1) is 9.69. The van der Waals surface area contributed by atoms with Gasteiger partial charge in [0, 0.05) is 18.7 Å². The molecule has 0 aliphatic carbocycles. The zero-order valence-corrected chi connectivity index (χ0v) is 12.3. The summed E-state index contributed by atoms with van der Waals surface area (Å²) in [5.41, 5.74) is 4.98. The average molecular weight is 297 g/mol. The number of nitrogens with one attached hydrogen (secondary N) is 2. The predicted molar refractivity (Wildman–Crippen MR) is 77.4 cm³/mol. The Bertz CT molecular complexity index is 527. The van der Waals surface area contributed by atoms with Gasteiger partial charge in [-0.05, 0) is 39.0 Å². The van der Waals surface area contributed by atoms with Gasteiger partial charge in [0.25, 0.3) is 5.91 Å². The van der Waals surface area contributed by atoms with Crippen LogP contribution in [0.15, 0.2) is 18.2 Å². The quantitative estimate of drug-likeness (QED) is 0.582. The van der Waals surface area contributed by atoms with Crippen molar-refractivity contribution in [2.45, 2.75) is 26.4 Å². The molecule has 0 saturated heterocycles. The number of carbonyl (C=O) groups is 2. The number of benzene rings is 1. The van der Waals surface area contributed by atoms with Gasteiger partial charge >= 0.3 is 6.09 Å². The maximum Gasteiger partial charge on any atom is 0.407 e. The lowest BCUT2D eigenvalue weighted by Crippen LogP contribution is -2.37. The molecule has 116 valence electrons. The molecular weight excluding hydrogens is 277 g/mol. The molecule has 7 heteroatoms. The summed E-state index contributed by atoms with van der Waals surface area (Å²) >= 11 is 0. The van der Waals surface area contributed by atoms with Gasteiger partial charge in [-0.3, -0.25) is 4.79 Å². The Balaban J connectivity index is 2.34. The number of rotatable bonds is 4.